The molecule has 1 aromatic carbocycles. The van der Waals surface area contributed by atoms with Gasteiger partial charge in [-0.05, 0) is 30.7 Å². The fourth-order valence-corrected chi connectivity index (χ4v) is 1.64. The number of hydrogen-bond donors (Lipinski definition) is 2. The van der Waals surface area contributed by atoms with E-state index in [9.17, 15) is 9.59 Å². The van der Waals surface area contributed by atoms with Crippen LogP contribution in [0.15, 0.2) is 36.4 Å². The predicted octanol–water partition coefficient (Wildman–Crippen LogP) is 1.46. The first-order chi connectivity index (χ1) is 9.06. The number of carbonyl (C=O) groups excluding carboxylic acids is 1. The molecule has 0 heterocycles. The van der Waals surface area contributed by atoms with Gasteiger partial charge in [-0.25, -0.2) is 4.79 Å². The van der Waals surface area contributed by atoms with Gasteiger partial charge in [-0.1, -0.05) is 12.2 Å². The minimum atomic E-state index is -1.04. The number of nitrogens with one attached hydrogen (secondary N) is 1. The fraction of sp³-hybridized carbons (Fsp3) is 0.286. The summed E-state index contributed by atoms with van der Waals surface area (Å²) >= 11 is 0. The molecule has 1 aromatic rings. The zero-order chi connectivity index (χ0) is 13.8. The molecule has 2 rings (SSSR count). The van der Waals surface area contributed by atoms with Crippen LogP contribution >= 0.6 is 0 Å². The first-order valence-corrected chi connectivity index (χ1v) is 5.97. The number of carboxylic acid groups (broad SMARTS) is 1. The molecule has 19 heavy (non-hydrogen) atoms. The van der Waals surface area contributed by atoms with Crippen LogP contribution in [0, 0.1) is 5.92 Å². The molecule has 1 unspecified atom stereocenters. The van der Waals surface area contributed by atoms with Crippen molar-refractivity contribution in [2.45, 2.75) is 6.42 Å². The van der Waals surface area contributed by atoms with Gasteiger partial charge in [-0.2, -0.15) is 0 Å². The van der Waals surface area contributed by atoms with Crippen LogP contribution in [0.4, 0.5) is 0 Å². The molecule has 1 fully saturated rings. The molecule has 5 nitrogen and oxygen atoms in total. The first-order valence-electron chi connectivity index (χ1n) is 5.97. The molecular weight excluding hydrogens is 246 g/mol. The minimum absolute atomic E-state index is 0.149. The van der Waals surface area contributed by atoms with Gasteiger partial charge in [0.15, 0.2) is 6.61 Å². The van der Waals surface area contributed by atoms with Crippen molar-refractivity contribution in [3.05, 3.63) is 42.0 Å². The Hall–Kier alpha value is -2.30. The summed E-state index contributed by atoms with van der Waals surface area (Å²) in [6.07, 6.45) is 0.988. The summed E-state index contributed by atoms with van der Waals surface area (Å²) in [5.41, 5.74) is 1.70. The lowest BCUT2D eigenvalue weighted by Crippen LogP contribution is -2.25. The Morgan fingerprint density at radius 1 is 1.37 bits per heavy atom. The van der Waals surface area contributed by atoms with Crippen LogP contribution < -0.4 is 10.1 Å². The Labute approximate surface area is 110 Å². The molecule has 1 saturated carbocycles. The second kappa shape index (κ2) is 5.56. The zero-order valence-corrected chi connectivity index (χ0v) is 10.4. The highest BCUT2D eigenvalue weighted by molar-refractivity contribution is 5.94. The number of ether oxygens (including phenoxy) is 1. The van der Waals surface area contributed by atoms with E-state index in [4.69, 9.17) is 9.84 Å². The molecule has 5 heteroatoms. The van der Waals surface area contributed by atoms with Gasteiger partial charge in [0.05, 0.1) is 0 Å². The van der Waals surface area contributed by atoms with Crippen LogP contribution in [0.1, 0.15) is 16.8 Å². The molecule has 0 spiro atoms. The molecule has 0 aliphatic heterocycles. The third-order valence-electron chi connectivity index (χ3n) is 2.91. The predicted molar refractivity (Wildman–Crippen MR) is 69.2 cm³/mol. The van der Waals surface area contributed by atoms with Crippen LogP contribution in [0.2, 0.25) is 0 Å². The topological polar surface area (TPSA) is 75.6 Å². The number of rotatable bonds is 6. The summed E-state index contributed by atoms with van der Waals surface area (Å²) in [5, 5.41) is 11.3. The van der Waals surface area contributed by atoms with Crippen molar-refractivity contribution in [2.24, 2.45) is 5.92 Å². The van der Waals surface area contributed by atoms with Gasteiger partial charge in [0.25, 0.3) is 5.91 Å². The van der Waals surface area contributed by atoms with Crippen LogP contribution in [-0.2, 0) is 4.79 Å². The number of benzene rings is 1. The van der Waals surface area contributed by atoms with E-state index in [0.29, 0.717) is 23.8 Å². The van der Waals surface area contributed by atoms with E-state index >= 15 is 0 Å². The standard InChI is InChI=1S/C14H15NO4/c1-9-6-11(9)7-15-14(18)10-2-4-12(5-3-10)19-8-13(16)17/h2-5,11H,1,6-8H2,(H,15,18)(H,16,17). The second-order valence-electron chi connectivity index (χ2n) is 4.48. The Morgan fingerprint density at radius 3 is 2.53 bits per heavy atom. The molecular formula is C14H15NO4. The molecule has 1 amide bonds. The Balaban J connectivity index is 1.84. The smallest absolute Gasteiger partial charge is 0.341 e. The lowest BCUT2D eigenvalue weighted by atomic mass is 10.2. The van der Waals surface area contributed by atoms with Gasteiger partial charge in [-0.15, -0.1) is 0 Å². The highest BCUT2D eigenvalue weighted by Crippen LogP contribution is 2.34. The van der Waals surface area contributed by atoms with Gasteiger partial charge < -0.3 is 15.2 Å². The maximum absolute atomic E-state index is 11.8. The minimum Gasteiger partial charge on any atom is -0.482 e. The largest absolute Gasteiger partial charge is 0.482 e. The van der Waals surface area contributed by atoms with Gasteiger partial charge in [0.1, 0.15) is 5.75 Å². The molecule has 0 radical (unpaired) electrons. The van der Waals surface area contributed by atoms with E-state index in [2.05, 4.69) is 11.9 Å². The summed E-state index contributed by atoms with van der Waals surface area (Å²) in [6.45, 7) is 4.06. The van der Waals surface area contributed by atoms with Gasteiger partial charge in [0, 0.05) is 18.0 Å². The van der Waals surface area contributed by atoms with Crippen LogP contribution in [-0.4, -0.2) is 30.1 Å². The van der Waals surface area contributed by atoms with Crippen molar-refractivity contribution in [3.8, 4) is 5.75 Å². The van der Waals surface area contributed by atoms with E-state index in [-0.39, 0.29) is 5.91 Å². The summed E-state index contributed by atoms with van der Waals surface area (Å²) in [6, 6.07) is 6.37. The molecule has 1 aliphatic carbocycles. The summed E-state index contributed by atoms with van der Waals surface area (Å²) in [7, 11) is 0. The van der Waals surface area contributed by atoms with Crippen LogP contribution in [0.25, 0.3) is 0 Å². The molecule has 1 atom stereocenters. The van der Waals surface area contributed by atoms with Crippen molar-refractivity contribution >= 4 is 11.9 Å². The van der Waals surface area contributed by atoms with Crippen molar-refractivity contribution in [1.29, 1.82) is 0 Å². The molecule has 100 valence electrons. The van der Waals surface area contributed by atoms with E-state index < -0.39 is 12.6 Å². The zero-order valence-electron chi connectivity index (χ0n) is 10.4. The average molecular weight is 261 g/mol. The highest BCUT2D eigenvalue weighted by Gasteiger charge is 2.27. The second-order valence-corrected chi connectivity index (χ2v) is 4.48. The quantitative estimate of drug-likeness (QED) is 0.760. The number of amides is 1. The van der Waals surface area contributed by atoms with E-state index in [1.54, 1.807) is 24.3 Å². The van der Waals surface area contributed by atoms with Gasteiger partial charge in [0.2, 0.25) is 0 Å². The Bertz CT molecular complexity index is 507. The summed E-state index contributed by atoms with van der Waals surface area (Å²) in [4.78, 5) is 22.1. The number of aliphatic carboxylic acids is 1. The monoisotopic (exact) mass is 261 g/mol. The third kappa shape index (κ3) is 3.84. The molecule has 0 aromatic heterocycles. The fourth-order valence-electron chi connectivity index (χ4n) is 1.64. The van der Waals surface area contributed by atoms with Crippen LogP contribution in [0.5, 0.6) is 5.75 Å². The molecule has 1 aliphatic rings. The lowest BCUT2D eigenvalue weighted by Gasteiger charge is -2.06. The van der Waals surface area contributed by atoms with Gasteiger partial charge >= 0.3 is 5.97 Å². The lowest BCUT2D eigenvalue weighted by molar-refractivity contribution is -0.139. The number of hydrogen-bond acceptors (Lipinski definition) is 3. The first kappa shape index (κ1) is 13.1. The normalized spacial score (nSPS) is 16.8. The van der Waals surface area contributed by atoms with E-state index in [0.717, 1.165) is 6.42 Å². The highest BCUT2D eigenvalue weighted by atomic mass is 16.5. The van der Waals surface area contributed by atoms with Gasteiger partial charge in [-0.3, -0.25) is 4.79 Å². The summed E-state index contributed by atoms with van der Waals surface area (Å²) < 4.78 is 4.98. The maximum atomic E-state index is 11.8. The van der Waals surface area contributed by atoms with E-state index in [1.165, 1.54) is 5.57 Å². The SMILES string of the molecule is C=C1CC1CNC(=O)c1ccc(OCC(=O)O)cc1. The van der Waals surface area contributed by atoms with Crippen molar-refractivity contribution in [1.82, 2.24) is 5.32 Å². The van der Waals surface area contributed by atoms with Crippen molar-refractivity contribution in [2.75, 3.05) is 13.2 Å². The van der Waals surface area contributed by atoms with Crippen LogP contribution in [0.3, 0.4) is 0 Å². The molecule has 0 saturated heterocycles. The third-order valence-corrected chi connectivity index (χ3v) is 2.91. The van der Waals surface area contributed by atoms with E-state index in [1.807, 2.05) is 0 Å². The number of carboxylic acids is 1. The van der Waals surface area contributed by atoms with Crippen molar-refractivity contribution < 1.29 is 19.4 Å². The maximum Gasteiger partial charge on any atom is 0.341 e. The average Bonchev–Trinajstić information content (AvgIpc) is 3.10. The number of carbonyl (C=O) groups is 2. The summed E-state index contributed by atoms with van der Waals surface area (Å²) in [5.74, 6) is -0.340. The Morgan fingerprint density at radius 2 is 2.00 bits per heavy atom. The van der Waals surface area contributed by atoms with Crippen molar-refractivity contribution in [3.63, 3.8) is 0 Å². The Kier molecular flexibility index (Phi) is 3.85. The molecule has 0 bridgehead atoms. The molecule has 2 N–H and O–H groups in total.